The number of benzene rings is 2. The molecule has 0 amide bonds. The number of ether oxygens (including phenoxy) is 1. The average molecular weight is 352 g/mol. The Morgan fingerprint density at radius 3 is 2.52 bits per heavy atom. The van der Waals surface area contributed by atoms with E-state index in [1.165, 1.54) is 6.07 Å². The summed E-state index contributed by atoms with van der Waals surface area (Å²) in [4.78, 5) is 0. The van der Waals surface area contributed by atoms with Crippen molar-refractivity contribution in [1.29, 1.82) is 0 Å². The summed E-state index contributed by atoms with van der Waals surface area (Å²) in [6.45, 7) is 2.92. The maximum absolute atomic E-state index is 13.6. The van der Waals surface area contributed by atoms with Gasteiger partial charge in [0.25, 0.3) is 0 Å². The van der Waals surface area contributed by atoms with Crippen LogP contribution in [0, 0.1) is 5.82 Å². The van der Waals surface area contributed by atoms with Crippen molar-refractivity contribution < 1.29 is 9.13 Å². The Bertz CT molecular complexity index is 586. The molecule has 2 nitrogen and oxygen atoms in total. The van der Waals surface area contributed by atoms with Crippen molar-refractivity contribution in [2.75, 3.05) is 13.7 Å². The van der Waals surface area contributed by atoms with Crippen molar-refractivity contribution in [3.8, 4) is 5.75 Å². The van der Waals surface area contributed by atoms with Gasteiger partial charge in [-0.1, -0.05) is 31.2 Å². The van der Waals surface area contributed by atoms with E-state index in [9.17, 15) is 4.39 Å². The van der Waals surface area contributed by atoms with Crippen molar-refractivity contribution in [1.82, 2.24) is 5.32 Å². The van der Waals surface area contributed by atoms with Crippen LogP contribution >= 0.6 is 15.9 Å². The first-order valence-corrected chi connectivity index (χ1v) is 7.75. The lowest BCUT2D eigenvalue weighted by Crippen LogP contribution is -2.23. The molecule has 112 valence electrons. The van der Waals surface area contributed by atoms with Gasteiger partial charge in [-0.2, -0.15) is 0 Å². The van der Waals surface area contributed by atoms with Crippen LogP contribution in [0.1, 0.15) is 24.1 Å². The predicted molar refractivity (Wildman–Crippen MR) is 87.2 cm³/mol. The first-order chi connectivity index (χ1) is 10.2. The molecule has 0 saturated heterocycles. The molecule has 0 aromatic heterocycles. The van der Waals surface area contributed by atoms with Gasteiger partial charge in [0.1, 0.15) is 11.6 Å². The number of hydrogen-bond acceptors (Lipinski definition) is 2. The van der Waals surface area contributed by atoms with Gasteiger partial charge in [0.05, 0.1) is 11.6 Å². The Hall–Kier alpha value is -1.39. The van der Waals surface area contributed by atoms with Gasteiger partial charge < -0.3 is 10.1 Å². The van der Waals surface area contributed by atoms with E-state index in [1.54, 1.807) is 13.2 Å². The summed E-state index contributed by atoms with van der Waals surface area (Å²) >= 11 is 3.33. The zero-order valence-corrected chi connectivity index (χ0v) is 13.8. The van der Waals surface area contributed by atoms with Crippen LogP contribution in [0.4, 0.5) is 4.39 Å². The molecule has 0 heterocycles. The lowest BCUT2D eigenvalue weighted by molar-refractivity contribution is 0.414. The first-order valence-electron chi connectivity index (χ1n) is 6.96. The highest BCUT2D eigenvalue weighted by atomic mass is 79.9. The van der Waals surface area contributed by atoms with Gasteiger partial charge >= 0.3 is 0 Å². The normalized spacial score (nSPS) is 12.2. The number of hydrogen-bond donors (Lipinski definition) is 1. The van der Waals surface area contributed by atoms with Crippen LogP contribution in [0.15, 0.2) is 46.9 Å². The molecule has 0 aliphatic carbocycles. The number of likely N-dealkylation sites (N-methyl/N-ethyl adjacent to an activating group) is 1. The molecular formula is C17H19BrFNO. The minimum absolute atomic E-state index is 0.138. The van der Waals surface area contributed by atoms with Crippen LogP contribution in [-0.4, -0.2) is 13.7 Å². The maximum Gasteiger partial charge on any atom is 0.137 e. The predicted octanol–water partition coefficient (Wildman–Crippen LogP) is 4.49. The summed E-state index contributed by atoms with van der Waals surface area (Å²) in [5.41, 5.74) is 2.12. The molecule has 0 fully saturated rings. The maximum atomic E-state index is 13.6. The van der Waals surface area contributed by atoms with E-state index in [1.807, 2.05) is 30.3 Å². The summed E-state index contributed by atoms with van der Waals surface area (Å²) < 4.78 is 19.4. The highest BCUT2D eigenvalue weighted by Crippen LogP contribution is 2.27. The van der Waals surface area contributed by atoms with Gasteiger partial charge in [-0.15, -0.1) is 0 Å². The van der Waals surface area contributed by atoms with Crippen molar-refractivity contribution in [2.45, 2.75) is 19.4 Å². The average Bonchev–Trinajstić information content (AvgIpc) is 2.51. The summed E-state index contributed by atoms with van der Waals surface area (Å²) in [5.74, 6) is 0.610. The van der Waals surface area contributed by atoms with Crippen LogP contribution in [0.5, 0.6) is 5.75 Å². The van der Waals surface area contributed by atoms with Gasteiger partial charge in [-0.25, -0.2) is 4.39 Å². The molecular weight excluding hydrogens is 333 g/mol. The molecule has 21 heavy (non-hydrogen) atoms. The van der Waals surface area contributed by atoms with E-state index in [-0.39, 0.29) is 11.9 Å². The van der Waals surface area contributed by atoms with Crippen LogP contribution in [0.2, 0.25) is 0 Å². The van der Waals surface area contributed by atoms with E-state index in [0.29, 0.717) is 4.47 Å². The Balaban J connectivity index is 2.23. The summed E-state index contributed by atoms with van der Waals surface area (Å²) in [6, 6.07) is 13.3. The molecule has 1 N–H and O–H groups in total. The lowest BCUT2D eigenvalue weighted by Gasteiger charge is -2.19. The van der Waals surface area contributed by atoms with Crippen molar-refractivity contribution in [2.24, 2.45) is 0 Å². The van der Waals surface area contributed by atoms with Crippen LogP contribution in [-0.2, 0) is 6.42 Å². The summed E-state index contributed by atoms with van der Waals surface area (Å²) in [7, 11) is 1.65. The molecule has 2 aromatic rings. The van der Waals surface area contributed by atoms with E-state index < -0.39 is 0 Å². The third-order valence-corrected chi connectivity index (χ3v) is 4.31. The van der Waals surface area contributed by atoms with Crippen molar-refractivity contribution in [3.05, 3.63) is 63.9 Å². The van der Waals surface area contributed by atoms with Crippen LogP contribution in [0.3, 0.4) is 0 Å². The Morgan fingerprint density at radius 2 is 1.90 bits per heavy atom. The Labute approximate surface area is 133 Å². The Kier molecular flexibility index (Phi) is 5.76. The molecule has 0 aliphatic heterocycles. The standard InChI is InChI=1S/C17H19BrFNO/c1-3-20-16(12-7-9-14(21-2)10-8-12)11-13-5-4-6-15(19)17(13)18/h4-10,16,20H,3,11H2,1-2H3. The minimum Gasteiger partial charge on any atom is -0.497 e. The molecule has 1 unspecified atom stereocenters. The smallest absolute Gasteiger partial charge is 0.137 e. The molecule has 4 heteroatoms. The number of halogens is 2. The molecule has 0 bridgehead atoms. The van der Waals surface area contributed by atoms with Gasteiger partial charge in [0.2, 0.25) is 0 Å². The van der Waals surface area contributed by atoms with E-state index in [2.05, 4.69) is 28.2 Å². The highest BCUT2D eigenvalue weighted by molar-refractivity contribution is 9.10. The second kappa shape index (κ2) is 7.57. The van der Waals surface area contributed by atoms with Crippen LogP contribution in [0.25, 0.3) is 0 Å². The fourth-order valence-corrected chi connectivity index (χ4v) is 2.74. The second-order valence-corrected chi connectivity index (χ2v) is 5.59. The first kappa shape index (κ1) is 16.0. The van der Waals surface area contributed by atoms with E-state index in [4.69, 9.17) is 4.74 Å². The van der Waals surface area contributed by atoms with Gasteiger partial charge in [0.15, 0.2) is 0 Å². The molecule has 0 saturated carbocycles. The molecule has 2 aromatic carbocycles. The Morgan fingerprint density at radius 1 is 1.19 bits per heavy atom. The van der Waals surface area contributed by atoms with Gasteiger partial charge in [-0.05, 0) is 58.2 Å². The SMILES string of the molecule is CCNC(Cc1cccc(F)c1Br)c1ccc(OC)cc1. The van der Waals surface area contributed by atoms with Gasteiger partial charge in [0, 0.05) is 6.04 Å². The molecule has 0 radical (unpaired) electrons. The number of rotatable bonds is 6. The summed E-state index contributed by atoms with van der Waals surface area (Å²) in [5, 5.41) is 3.45. The van der Waals surface area contributed by atoms with E-state index >= 15 is 0 Å². The third-order valence-electron chi connectivity index (χ3n) is 3.42. The quantitative estimate of drug-likeness (QED) is 0.827. The zero-order valence-electron chi connectivity index (χ0n) is 12.2. The highest BCUT2D eigenvalue weighted by Gasteiger charge is 2.14. The lowest BCUT2D eigenvalue weighted by atomic mass is 9.98. The second-order valence-electron chi connectivity index (χ2n) is 4.80. The number of methoxy groups -OCH3 is 1. The molecule has 1 atom stereocenters. The third kappa shape index (κ3) is 4.05. The largest absolute Gasteiger partial charge is 0.497 e. The van der Waals surface area contributed by atoms with Crippen molar-refractivity contribution >= 4 is 15.9 Å². The van der Waals surface area contributed by atoms with E-state index in [0.717, 1.165) is 29.8 Å². The summed E-state index contributed by atoms with van der Waals surface area (Å²) in [6.07, 6.45) is 0.721. The van der Waals surface area contributed by atoms with Crippen LogP contribution < -0.4 is 10.1 Å². The topological polar surface area (TPSA) is 21.3 Å². The van der Waals surface area contributed by atoms with Crippen molar-refractivity contribution in [3.63, 3.8) is 0 Å². The minimum atomic E-state index is -0.225. The molecule has 0 aliphatic rings. The zero-order chi connectivity index (χ0) is 15.2. The molecule has 2 rings (SSSR count). The fraction of sp³-hybridized carbons (Fsp3) is 0.294. The van der Waals surface area contributed by atoms with Gasteiger partial charge in [-0.3, -0.25) is 0 Å². The molecule has 0 spiro atoms. The number of nitrogens with one attached hydrogen (secondary N) is 1. The fourth-order valence-electron chi connectivity index (χ4n) is 2.32. The monoisotopic (exact) mass is 351 g/mol.